The SMILES string of the molecule is Cc1ccc(OCc2ccc3c(c2C)CCN(C2CCOCC2)C3)c(-c2csc(N3C[C@@H]4C[C@]4(C(=O)O)C3)n2)c1. The first-order valence-electron chi connectivity index (χ1n) is 14.5. The zero-order valence-electron chi connectivity index (χ0n) is 23.3. The number of benzene rings is 2. The molecule has 0 radical (unpaired) electrons. The summed E-state index contributed by atoms with van der Waals surface area (Å²) in [6, 6.07) is 11.5. The van der Waals surface area contributed by atoms with Crippen LogP contribution < -0.4 is 9.64 Å². The lowest BCUT2D eigenvalue weighted by molar-refractivity contribution is -0.143. The second kappa shape index (κ2) is 10.2. The van der Waals surface area contributed by atoms with E-state index in [1.165, 1.54) is 22.3 Å². The number of thiazole rings is 1. The lowest BCUT2D eigenvalue weighted by atomic mass is 9.90. The number of aliphatic carboxylic acids is 1. The first-order chi connectivity index (χ1) is 19.4. The third-order valence-corrected chi connectivity index (χ3v) is 10.6. The number of hydrogen-bond acceptors (Lipinski definition) is 7. The summed E-state index contributed by atoms with van der Waals surface area (Å²) in [6.07, 6.45) is 4.16. The van der Waals surface area contributed by atoms with E-state index in [0.717, 1.165) is 86.2 Å². The minimum absolute atomic E-state index is 0.250. The van der Waals surface area contributed by atoms with Crippen molar-refractivity contribution in [3.05, 3.63) is 63.5 Å². The van der Waals surface area contributed by atoms with Crippen molar-refractivity contribution < 1.29 is 19.4 Å². The van der Waals surface area contributed by atoms with E-state index in [1.54, 1.807) is 11.3 Å². The Bertz CT molecular complexity index is 1450. The van der Waals surface area contributed by atoms with Gasteiger partial charge in [-0.15, -0.1) is 11.3 Å². The lowest BCUT2D eigenvalue weighted by Crippen LogP contribution is -2.42. The van der Waals surface area contributed by atoms with Crippen LogP contribution in [0.4, 0.5) is 5.13 Å². The minimum Gasteiger partial charge on any atom is -0.488 e. The second-order valence-corrected chi connectivity index (χ2v) is 12.9. The zero-order valence-corrected chi connectivity index (χ0v) is 24.1. The predicted molar refractivity (Wildman–Crippen MR) is 156 cm³/mol. The molecular weight excluding hydrogens is 522 g/mol. The monoisotopic (exact) mass is 559 g/mol. The highest BCUT2D eigenvalue weighted by molar-refractivity contribution is 7.14. The van der Waals surface area contributed by atoms with E-state index >= 15 is 0 Å². The number of nitrogens with zero attached hydrogens (tertiary/aromatic N) is 3. The fourth-order valence-electron chi connectivity index (χ4n) is 7.05. The third-order valence-electron chi connectivity index (χ3n) is 9.67. The Kier molecular flexibility index (Phi) is 6.60. The topological polar surface area (TPSA) is 75.1 Å². The van der Waals surface area contributed by atoms with Gasteiger partial charge in [0.1, 0.15) is 12.4 Å². The van der Waals surface area contributed by atoms with Crippen LogP contribution in [-0.2, 0) is 29.1 Å². The maximum Gasteiger partial charge on any atom is 0.311 e. The van der Waals surface area contributed by atoms with Gasteiger partial charge in [-0.05, 0) is 79.8 Å². The van der Waals surface area contributed by atoms with Crippen LogP contribution in [0.1, 0.15) is 47.1 Å². The lowest BCUT2D eigenvalue weighted by Gasteiger charge is -2.38. The molecule has 3 aliphatic heterocycles. The summed E-state index contributed by atoms with van der Waals surface area (Å²) >= 11 is 1.59. The number of aryl methyl sites for hydroxylation is 1. The van der Waals surface area contributed by atoms with Gasteiger partial charge < -0.3 is 19.5 Å². The number of carboxylic acid groups (broad SMARTS) is 1. The van der Waals surface area contributed by atoms with Gasteiger partial charge in [0.15, 0.2) is 5.13 Å². The van der Waals surface area contributed by atoms with Crippen LogP contribution in [0.3, 0.4) is 0 Å². The number of piperidine rings is 1. The van der Waals surface area contributed by atoms with Crippen molar-refractivity contribution in [3.63, 3.8) is 0 Å². The van der Waals surface area contributed by atoms with Crippen molar-refractivity contribution in [1.82, 2.24) is 9.88 Å². The molecule has 3 aromatic rings. The van der Waals surface area contributed by atoms with E-state index in [2.05, 4.69) is 53.3 Å². The molecule has 40 heavy (non-hydrogen) atoms. The number of carboxylic acids is 1. The summed E-state index contributed by atoms with van der Waals surface area (Å²) in [5, 5.41) is 12.6. The van der Waals surface area contributed by atoms with Crippen molar-refractivity contribution in [2.75, 3.05) is 37.7 Å². The molecule has 8 heteroatoms. The summed E-state index contributed by atoms with van der Waals surface area (Å²) in [5.74, 6) is 0.414. The standard InChI is InChI=1S/C32H37N3O4S/c1-20-3-6-29(27(13-20)28-18-40-31(33-28)35-16-24-14-32(24,19-35)30(36)37)39-17-23-5-4-22-15-34(10-7-26(22)21(23)2)25-8-11-38-12-9-25/h3-6,13,18,24-25H,7-12,14-17,19H2,1-2H3,(H,36,37)/t24-,32-/m0/s1. The number of anilines is 1. The highest BCUT2D eigenvalue weighted by atomic mass is 32.1. The number of rotatable bonds is 7. The van der Waals surface area contributed by atoms with Crippen LogP contribution in [0.25, 0.3) is 11.3 Å². The number of hydrogen-bond donors (Lipinski definition) is 1. The quantitative estimate of drug-likeness (QED) is 0.412. The molecule has 2 atom stereocenters. The maximum absolute atomic E-state index is 11.8. The highest BCUT2D eigenvalue weighted by Gasteiger charge is 2.65. The second-order valence-electron chi connectivity index (χ2n) is 12.1. The van der Waals surface area contributed by atoms with Crippen molar-refractivity contribution in [1.29, 1.82) is 0 Å². The summed E-state index contributed by atoms with van der Waals surface area (Å²) < 4.78 is 12.1. The minimum atomic E-state index is -0.666. The first-order valence-corrected chi connectivity index (χ1v) is 15.4. The Morgan fingerprint density at radius 1 is 1.23 bits per heavy atom. The molecule has 3 fully saturated rings. The van der Waals surface area contributed by atoms with Gasteiger partial charge in [-0.25, -0.2) is 4.98 Å². The summed E-state index contributed by atoms with van der Waals surface area (Å²) in [4.78, 5) is 21.5. The molecule has 1 N–H and O–H groups in total. The van der Waals surface area contributed by atoms with Crippen molar-refractivity contribution in [2.45, 2.75) is 58.7 Å². The molecule has 4 aliphatic rings. The van der Waals surface area contributed by atoms with Gasteiger partial charge in [0.05, 0.1) is 11.1 Å². The molecule has 2 saturated heterocycles. The van der Waals surface area contributed by atoms with Gasteiger partial charge in [-0.2, -0.15) is 0 Å². The molecule has 7 rings (SSSR count). The predicted octanol–water partition coefficient (Wildman–Crippen LogP) is 5.45. The molecule has 1 aliphatic carbocycles. The molecule has 7 nitrogen and oxygen atoms in total. The number of aromatic nitrogens is 1. The zero-order chi connectivity index (χ0) is 27.4. The average molecular weight is 560 g/mol. The molecule has 4 heterocycles. The molecule has 210 valence electrons. The molecule has 1 saturated carbocycles. The molecule has 0 amide bonds. The fraction of sp³-hybridized carbons (Fsp3) is 0.500. The summed E-state index contributed by atoms with van der Waals surface area (Å²) in [5.41, 5.74) is 8.01. The summed E-state index contributed by atoms with van der Waals surface area (Å²) in [7, 11) is 0. The van der Waals surface area contributed by atoms with E-state index in [-0.39, 0.29) is 5.92 Å². The Morgan fingerprint density at radius 3 is 2.88 bits per heavy atom. The summed E-state index contributed by atoms with van der Waals surface area (Å²) in [6.45, 7) is 10.1. The van der Waals surface area contributed by atoms with Crippen LogP contribution in [0, 0.1) is 25.2 Å². The van der Waals surface area contributed by atoms with Gasteiger partial charge in [0.2, 0.25) is 0 Å². The third kappa shape index (κ3) is 4.60. The molecule has 1 aromatic heterocycles. The fourth-order valence-corrected chi connectivity index (χ4v) is 7.88. The van der Waals surface area contributed by atoms with Crippen LogP contribution in [-0.4, -0.2) is 59.8 Å². The van der Waals surface area contributed by atoms with E-state index in [0.29, 0.717) is 19.2 Å². The Labute approximate surface area is 239 Å². The van der Waals surface area contributed by atoms with E-state index < -0.39 is 11.4 Å². The molecule has 0 spiro atoms. The Hall–Kier alpha value is -2.94. The Morgan fingerprint density at radius 2 is 2.08 bits per heavy atom. The number of fused-ring (bicyclic) bond motifs is 2. The largest absolute Gasteiger partial charge is 0.488 e. The van der Waals surface area contributed by atoms with Gasteiger partial charge in [-0.3, -0.25) is 9.69 Å². The van der Waals surface area contributed by atoms with Crippen LogP contribution in [0.15, 0.2) is 35.7 Å². The van der Waals surface area contributed by atoms with E-state index in [1.807, 2.05) is 6.07 Å². The first kappa shape index (κ1) is 26.0. The van der Waals surface area contributed by atoms with Gasteiger partial charge in [0, 0.05) is 56.4 Å². The van der Waals surface area contributed by atoms with Crippen LogP contribution in [0.2, 0.25) is 0 Å². The van der Waals surface area contributed by atoms with Crippen molar-refractivity contribution >= 4 is 22.4 Å². The van der Waals surface area contributed by atoms with Crippen molar-refractivity contribution in [3.8, 4) is 17.0 Å². The highest BCUT2D eigenvalue weighted by Crippen LogP contribution is 2.58. The average Bonchev–Trinajstić information content (AvgIpc) is 3.29. The van der Waals surface area contributed by atoms with Crippen molar-refractivity contribution in [2.24, 2.45) is 11.3 Å². The van der Waals surface area contributed by atoms with Gasteiger partial charge in [-0.1, -0.05) is 23.8 Å². The molecule has 2 aromatic carbocycles. The van der Waals surface area contributed by atoms with E-state index in [9.17, 15) is 9.90 Å². The molecular formula is C32H37N3O4S. The van der Waals surface area contributed by atoms with Crippen LogP contribution in [0.5, 0.6) is 5.75 Å². The Balaban J connectivity index is 1.06. The normalized spacial score (nSPS) is 24.6. The van der Waals surface area contributed by atoms with Crippen LogP contribution >= 0.6 is 11.3 Å². The smallest absolute Gasteiger partial charge is 0.311 e. The number of carbonyl (C=O) groups is 1. The maximum atomic E-state index is 11.8. The van der Waals surface area contributed by atoms with E-state index in [4.69, 9.17) is 14.5 Å². The molecule has 0 bridgehead atoms. The number of ether oxygens (including phenoxy) is 2. The van der Waals surface area contributed by atoms with Gasteiger partial charge >= 0.3 is 5.97 Å². The molecule has 0 unspecified atom stereocenters. The van der Waals surface area contributed by atoms with Gasteiger partial charge in [0.25, 0.3) is 0 Å².